The Morgan fingerprint density at radius 1 is 1.57 bits per heavy atom. The Labute approximate surface area is 149 Å². The number of rotatable bonds is 6. The van der Waals surface area contributed by atoms with Crippen LogP contribution in [-0.4, -0.2) is 28.8 Å². The number of aromatic nitrogens is 1. The summed E-state index contributed by atoms with van der Waals surface area (Å²) in [7, 11) is 0. The average molecular weight is 406 g/mol. The van der Waals surface area contributed by atoms with Crippen LogP contribution in [0.5, 0.6) is 5.75 Å². The summed E-state index contributed by atoms with van der Waals surface area (Å²) in [4.78, 5) is 15.3. The van der Waals surface area contributed by atoms with Gasteiger partial charge in [0.25, 0.3) is 0 Å². The van der Waals surface area contributed by atoms with E-state index in [1.807, 2.05) is 26.8 Å². The number of hydrogen-bond acceptors (Lipinski definition) is 3. The zero-order chi connectivity index (χ0) is 17.2. The van der Waals surface area contributed by atoms with E-state index in [0.29, 0.717) is 34.5 Å². The number of carboxylic acid groups (broad SMARTS) is 1. The molecule has 1 aliphatic rings. The van der Waals surface area contributed by atoms with Crippen molar-refractivity contribution >= 4 is 33.6 Å². The molecule has 0 saturated heterocycles. The highest BCUT2D eigenvalue weighted by atomic mass is 79.9. The number of pyridine rings is 1. The van der Waals surface area contributed by atoms with Gasteiger partial charge in [-0.3, -0.25) is 0 Å². The quantitative estimate of drug-likeness (QED) is 0.683. The number of nitrogens with one attached hydrogen (secondary N) is 1. The highest BCUT2D eigenvalue weighted by molar-refractivity contribution is 9.10. The summed E-state index contributed by atoms with van der Waals surface area (Å²) in [5.74, 6) is 1.17. The Balaban J connectivity index is 2.18. The molecule has 0 aromatic carbocycles. The molecule has 2 N–H and O–H groups in total. The number of ether oxygens (including phenoxy) is 1. The minimum atomic E-state index is -1.03. The van der Waals surface area contributed by atoms with Crippen LogP contribution in [0.2, 0.25) is 5.15 Å². The van der Waals surface area contributed by atoms with E-state index >= 15 is 0 Å². The summed E-state index contributed by atoms with van der Waals surface area (Å²) in [6.07, 6.45) is 1.86. The first-order valence-corrected chi connectivity index (χ1v) is 8.81. The Morgan fingerprint density at radius 3 is 2.74 bits per heavy atom. The molecule has 1 fully saturated rings. The lowest BCUT2D eigenvalue weighted by Gasteiger charge is -2.31. The topological polar surface area (TPSA) is 71.5 Å². The summed E-state index contributed by atoms with van der Waals surface area (Å²) in [5, 5.41) is 12.0. The summed E-state index contributed by atoms with van der Waals surface area (Å²) < 4.78 is 6.37. The minimum Gasteiger partial charge on any atom is -0.490 e. The van der Waals surface area contributed by atoms with Crippen molar-refractivity contribution < 1.29 is 14.6 Å². The molecule has 1 aliphatic carbocycles. The van der Waals surface area contributed by atoms with Crippen molar-refractivity contribution in [2.75, 3.05) is 6.61 Å². The second-order valence-corrected chi connectivity index (χ2v) is 8.16. The molecule has 1 saturated carbocycles. The largest absolute Gasteiger partial charge is 0.490 e. The lowest BCUT2D eigenvalue weighted by atomic mass is 9.83. The first-order chi connectivity index (χ1) is 10.7. The molecule has 1 unspecified atom stereocenters. The van der Waals surface area contributed by atoms with E-state index in [-0.39, 0.29) is 11.5 Å². The summed E-state index contributed by atoms with van der Waals surface area (Å²) in [6, 6.07) is 1.60. The fourth-order valence-corrected chi connectivity index (χ4v) is 2.92. The highest BCUT2D eigenvalue weighted by Gasteiger charge is 2.28. The van der Waals surface area contributed by atoms with Crippen molar-refractivity contribution in [3.8, 4) is 5.75 Å². The summed E-state index contributed by atoms with van der Waals surface area (Å²) >= 11 is 9.55. The lowest BCUT2D eigenvalue weighted by molar-refractivity contribution is 0.174. The van der Waals surface area contributed by atoms with Crippen LogP contribution >= 0.6 is 27.5 Å². The van der Waals surface area contributed by atoms with Crippen molar-refractivity contribution in [1.29, 1.82) is 0 Å². The van der Waals surface area contributed by atoms with E-state index < -0.39 is 6.09 Å². The van der Waals surface area contributed by atoms with Gasteiger partial charge in [-0.1, -0.05) is 32.4 Å². The lowest BCUT2D eigenvalue weighted by Crippen LogP contribution is -2.44. The minimum absolute atomic E-state index is 0.230. The smallest absolute Gasteiger partial charge is 0.404 e. The van der Waals surface area contributed by atoms with Crippen molar-refractivity contribution in [1.82, 2.24) is 10.3 Å². The van der Waals surface area contributed by atoms with Gasteiger partial charge >= 0.3 is 6.09 Å². The van der Waals surface area contributed by atoms with Crippen molar-refractivity contribution in [2.24, 2.45) is 11.3 Å². The molecule has 23 heavy (non-hydrogen) atoms. The Morgan fingerprint density at radius 2 is 2.22 bits per heavy atom. The standard InChI is InChI=1S/C16H22BrClN2O3/c1-16(2,3)12(19-15(21)22)7-10-6-11(14(18)20-13(10)17)23-8-9-4-5-9/h6,9,12,19H,4-5,7-8H2,1-3H3,(H,21,22). The van der Waals surface area contributed by atoms with Gasteiger partial charge in [0, 0.05) is 6.04 Å². The van der Waals surface area contributed by atoms with E-state index in [9.17, 15) is 4.79 Å². The maximum absolute atomic E-state index is 11.1. The Hall–Kier alpha value is -1.01. The molecular weight excluding hydrogens is 384 g/mol. The molecule has 1 aromatic heterocycles. The van der Waals surface area contributed by atoms with E-state index in [4.69, 9.17) is 21.4 Å². The second-order valence-electron chi connectivity index (χ2n) is 7.05. The van der Waals surface area contributed by atoms with E-state index in [1.54, 1.807) is 0 Å². The van der Waals surface area contributed by atoms with Crippen LogP contribution in [0.3, 0.4) is 0 Å². The summed E-state index contributed by atoms with van der Waals surface area (Å²) in [5.41, 5.74) is 0.640. The first-order valence-electron chi connectivity index (χ1n) is 7.64. The van der Waals surface area contributed by atoms with Crippen LogP contribution < -0.4 is 10.1 Å². The van der Waals surface area contributed by atoms with Gasteiger partial charge in [0.1, 0.15) is 4.60 Å². The number of hydrogen-bond donors (Lipinski definition) is 2. The van der Waals surface area contributed by atoms with Crippen molar-refractivity contribution in [3.05, 3.63) is 21.4 Å². The number of nitrogens with zero attached hydrogens (tertiary/aromatic N) is 1. The fourth-order valence-electron chi connectivity index (χ4n) is 2.17. The summed E-state index contributed by atoms with van der Waals surface area (Å²) in [6.45, 7) is 6.64. The third-order valence-electron chi connectivity index (χ3n) is 3.91. The van der Waals surface area contributed by atoms with Gasteiger partial charge in [0.15, 0.2) is 10.9 Å². The van der Waals surface area contributed by atoms with Crippen LogP contribution in [0, 0.1) is 11.3 Å². The Kier molecular flexibility index (Phi) is 5.79. The zero-order valence-corrected chi connectivity index (χ0v) is 15.9. The SMILES string of the molecule is CC(C)(C)C(Cc1cc(OCC2CC2)c(Cl)nc1Br)NC(=O)O. The molecule has 0 radical (unpaired) electrons. The number of halogens is 2. The monoisotopic (exact) mass is 404 g/mol. The molecule has 7 heteroatoms. The maximum atomic E-state index is 11.1. The average Bonchev–Trinajstić information content (AvgIpc) is 3.22. The molecule has 2 rings (SSSR count). The van der Waals surface area contributed by atoms with Crippen LogP contribution in [0.4, 0.5) is 4.79 Å². The van der Waals surface area contributed by atoms with Crippen molar-refractivity contribution in [3.63, 3.8) is 0 Å². The molecular formula is C16H22BrClN2O3. The van der Waals surface area contributed by atoms with Crippen molar-refractivity contribution in [2.45, 2.75) is 46.1 Å². The van der Waals surface area contributed by atoms with Gasteiger partial charge in [-0.15, -0.1) is 0 Å². The number of amides is 1. The second kappa shape index (κ2) is 7.26. The van der Waals surface area contributed by atoms with Gasteiger partial charge in [0.2, 0.25) is 0 Å². The predicted octanol–water partition coefficient (Wildman–Crippen LogP) is 4.51. The van der Waals surface area contributed by atoms with Gasteiger partial charge < -0.3 is 15.2 Å². The molecule has 1 aromatic rings. The predicted molar refractivity (Wildman–Crippen MR) is 93.3 cm³/mol. The molecule has 0 bridgehead atoms. The van der Waals surface area contributed by atoms with Gasteiger partial charge in [0.05, 0.1) is 6.61 Å². The molecule has 1 amide bonds. The molecule has 128 valence electrons. The van der Waals surface area contributed by atoms with E-state index in [2.05, 4.69) is 26.2 Å². The van der Waals surface area contributed by atoms with Crippen LogP contribution in [0.25, 0.3) is 0 Å². The molecule has 0 spiro atoms. The molecule has 1 atom stereocenters. The third kappa shape index (κ3) is 5.53. The number of carbonyl (C=O) groups is 1. The maximum Gasteiger partial charge on any atom is 0.404 e. The van der Waals surface area contributed by atoms with Crippen LogP contribution in [0.1, 0.15) is 39.2 Å². The third-order valence-corrected chi connectivity index (χ3v) is 4.87. The van der Waals surface area contributed by atoms with Crippen LogP contribution in [-0.2, 0) is 6.42 Å². The zero-order valence-electron chi connectivity index (χ0n) is 13.5. The Bertz CT molecular complexity index is 585. The van der Waals surface area contributed by atoms with Gasteiger partial charge in [-0.25, -0.2) is 9.78 Å². The molecule has 5 nitrogen and oxygen atoms in total. The first kappa shape index (κ1) is 18.3. The molecule has 1 heterocycles. The van der Waals surface area contributed by atoms with E-state index in [1.165, 1.54) is 12.8 Å². The van der Waals surface area contributed by atoms with Gasteiger partial charge in [-0.2, -0.15) is 0 Å². The van der Waals surface area contributed by atoms with Crippen LogP contribution in [0.15, 0.2) is 10.7 Å². The normalized spacial score (nSPS) is 16.0. The van der Waals surface area contributed by atoms with E-state index in [0.717, 1.165) is 5.56 Å². The highest BCUT2D eigenvalue weighted by Crippen LogP contribution is 2.34. The molecule has 0 aliphatic heterocycles. The fraction of sp³-hybridized carbons (Fsp3) is 0.625. The van der Waals surface area contributed by atoms with Gasteiger partial charge in [-0.05, 0) is 58.2 Å².